The highest BCUT2D eigenvalue weighted by Crippen LogP contribution is 2.28. The lowest BCUT2D eigenvalue weighted by atomic mass is 10.2. The molecule has 0 saturated heterocycles. The molecule has 0 spiro atoms. The summed E-state index contributed by atoms with van der Waals surface area (Å²) < 4.78 is 47.2. The van der Waals surface area contributed by atoms with E-state index in [1.165, 1.54) is 24.3 Å². The van der Waals surface area contributed by atoms with Crippen molar-refractivity contribution in [3.05, 3.63) is 71.8 Å². The second-order valence-electron chi connectivity index (χ2n) is 3.50. The van der Waals surface area contributed by atoms with Crippen molar-refractivity contribution in [2.75, 3.05) is 0 Å². The van der Waals surface area contributed by atoms with E-state index in [4.69, 9.17) is 0 Å². The second kappa shape index (κ2) is 8.04. The van der Waals surface area contributed by atoms with Crippen LogP contribution < -0.4 is 0 Å². The second-order valence-corrected chi connectivity index (χ2v) is 3.50. The summed E-state index contributed by atoms with van der Waals surface area (Å²) in [5.74, 6) is 0. The van der Waals surface area contributed by atoms with Gasteiger partial charge in [0.05, 0.1) is 11.1 Å². The molecule has 0 radical (unpaired) electrons. The zero-order chi connectivity index (χ0) is 14.3. The maximum absolute atomic E-state index is 11.8. The molecule has 0 N–H and O–H groups in total. The molecular weight excluding hydrogens is 279 g/mol. The molecule has 108 valence electrons. The predicted octanol–water partition coefficient (Wildman–Crippen LogP) is 4.65. The number of benzene rings is 2. The summed E-state index contributed by atoms with van der Waals surface area (Å²) in [7, 11) is 0. The van der Waals surface area contributed by atoms with E-state index in [-0.39, 0.29) is 10.3 Å². The van der Waals surface area contributed by atoms with E-state index in [1.807, 2.05) is 0 Å². The van der Waals surface area contributed by atoms with Gasteiger partial charge in [-0.15, -0.1) is 0 Å². The predicted molar refractivity (Wildman–Crippen MR) is 65.8 cm³/mol. The average molecular weight is 290 g/mol. The number of rotatable bonds is 1. The molecule has 20 heavy (non-hydrogen) atoms. The maximum Gasteiger partial charge on any atom is 0.416 e. The fourth-order valence-corrected chi connectivity index (χ4v) is 1.20. The van der Waals surface area contributed by atoms with Gasteiger partial charge in [-0.3, -0.25) is 9.50 Å². The van der Waals surface area contributed by atoms with Gasteiger partial charge in [-0.1, -0.05) is 48.5 Å². The zero-order valence-electron chi connectivity index (χ0n) is 10.1. The summed E-state index contributed by atoms with van der Waals surface area (Å²) in [4.78, 5) is 9.98. The van der Waals surface area contributed by atoms with Crippen LogP contribution in [0.15, 0.2) is 60.7 Å². The quantitative estimate of drug-likeness (QED) is 0.551. The summed E-state index contributed by atoms with van der Waals surface area (Å²) in [6.45, 7) is 0. The Balaban J connectivity index is 0.000000345. The van der Waals surface area contributed by atoms with Crippen molar-refractivity contribution in [1.82, 2.24) is 0 Å². The molecule has 6 heteroatoms. The van der Waals surface area contributed by atoms with Crippen LogP contribution in [0.1, 0.15) is 15.9 Å². The van der Waals surface area contributed by atoms with E-state index in [0.29, 0.717) is 0 Å². The van der Waals surface area contributed by atoms with Crippen LogP contribution in [0.4, 0.5) is 22.3 Å². The average Bonchev–Trinajstić information content (AvgIpc) is 2.40. The van der Waals surface area contributed by atoms with Crippen molar-refractivity contribution in [2.45, 2.75) is 6.18 Å². The molecular formula is C14H11F5O. The number of alkyl halides is 3. The van der Waals surface area contributed by atoms with Gasteiger partial charge in [0.2, 0.25) is 0 Å². The number of hydrogen-bond acceptors (Lipinski definition) is 1. The SMILES string of the molecule is F.FC(F)(F)c1ccccc1.O=C(F)c1ccccc1. The van der Waals surface area contributed by atoms with Crippen molar-refractivity contribution in [1.29, 1.82) is 0 Å². The third-order valence-corrected chi connectivity index (χ3v) is 2.10. The number of hydrogen-bond donors (Lipinski definition) is 0. The van der Waals surface area contributed by atoms with Crippen molar-refractivity contribution < 1.29 is 27.1 Å². The summed E-state index contributed by atoms with van der Waals surface area (Å²) in [6, 6.07) is 12.8. The summed E-state index contributed by atoms with van der Waals surface area (Å²) >= 11 is 0. The van der Waals surface area contributed by atoms with Gasteiger partial charge < -0.3 is 0 Å². The molecule has 0 amide bonds. The third-order valence-electron chi connectivity index (χ3n) is 2.10. The zero-order valence-corrected chi connectivity index (χ0v) is 10.1. The van der Waals surface area contributed by atoms with E-state index in [1.54, 1.807) is 24.3 Å². The monoisotopic (exact) mass is 290 g/mol. The number of carbonyl (C=O) groups is 1. The van der Waals surface area contributed by atoms with E-state index < -0.39 is 17.8 Å². The van der Waals surface area contributed by atoms with Crippen molar-refractivity contribution in [2.24, 2.45) is 0 Å². The Morgan fingerprint density at radius 1 is 0.800 bits per heavy atom. The summed E-state index contributed by atoms with van der Waals surface area (Å²) in [5.41, 5.74) is -0.493. The molecule has 0 atom stereocenters. The van der Waals surface area contributed by atoms with Crippen LogP contribution in [0.25, 0.3) is 0 Å². The van der Waals surface area contributed by atoms with Gasteiger partial charge in [-0.25, -0.2) is 0 Å². The van der Waals surface area contributed by atoms with Crippen LogP contribution in [0.2, 0.25) is 0 Å². The molecule has 0 unspecified atom stereocenters. The lowest BCUT2D eigenvalue weighted by Gasteiger charge is -2.03. The van der Waals surface area contributed by atoms with Crippen molar-refractivity contribution in [3.63, 3.8) is 0 Å². The Labute approximate surface area is 112 Å². The Morgan fingerprint density at radius 3 is 1.45 bits per heavy atom. The third kappa shape index (κ3) is 6.08. The van der Waals surface area contributed by atoms with E-state index in [9.17, 15) is 22.4 Å². The van der Waals surface area contributed by atoms with Crippen LogP contribution in [0.5, 0.6) is 0 Å². The van der Waals surface area contributed by atoms with Gasteiger partial charge in [-0.2, -0.15) is 17.6 Å². The summed E-state index contributed by atoms with van der Waals surface area (Å²) in [5, 5.41) is 0. The van der Waals surface area contributed by atoms with Crippen LogP contribution in [0, 0.1) is 0 Å². The van der Waals surface area contributed by atoms with Gasteiger partial charge >= 0.3 is 12.2 Å². The first kappa shape index (κ1) is 17.8. The molecule has 0 saturated carbocycles. The molecule has 0 aliphatic heterocycles. The lowest BCUT2D eigenvalue weighted by molar-refractivity contribution is -0.137. The van der Waals surface area contributed by atoms with Crippen LogP contribution in [-0.4, -0.2) is 6.04 Å². The first-order chi connectivity index (χ1) is 8.91. The minimum absolute atomic E-state index is 0. The van der Waals surface area contributed by atoms with Crippen LogP contribution in [0.3, 0.4) is 0 Å². The van der Waals surface area contributed by atoms with Crippen LogP contribution in [-0.2, 0) is 6.18 Å². The number of carbonyl (C=O) groups excluding carboxylic acids is 1. The molecule has 0 fully saturated rings. The molecule has 0 aromatic heterocycles. The Kier molecular flexibility index (Phi) is 7.14. The van der Waals surface area contributed by atoms with Gasteiger partial charge in [0, 0.05) is 0 Å². The Hall–Kier alpha value is -2.24. The van der Waals surface area contributed by atoms with Crippen molar-refractivity contribution >= 4 is 6.04 Å². The minimum Gasteiger partial charge on any atom is -0.269 e. The fraction of sp³-hybridized carbons (Fsp3) is 0.0714. The first-order valence-corrected chi connectivity index (χ1v) is 5.28. The minimum atomic E-state index is -4.21. The normalized spacial score (nSPS) is 9.80. The Bertz CT molecular complexity index is 508. The lowest BCUT2D eigenvalue weighted by Crippen LogP contribution is -2.03. The molecule has 0 aliphatic rings. The van der Waals surface area contributed by atoms with Gasteiger partial charge in [-0.05, 0) is 12.1 Å². The molecule has 2 aromatic carbocycles. The van der Waals surface area contributed by atoms with Crippen molar-refractivity contribution in [3.8, 4) is 0 Å². The molecule has 2 aromatic rings. The van der Waals surface area contributed by atoms with E-state index >= 15 is 0 Å². The van der Waals surface area contributed by atoms with Gasteiger partial charge in [0.25, 0.3) is 0 Å². The maximum atomic E-state index is 11.8. The van der Waals surface area contributed by atoms with E-state index in [2.05, 4.69) is 0 Å². The highest BCUT2D eigenvalue weighted by Gasteiger charge is 2.29. The highest BCUT2D eigenvalue weighted by atomic mass is 19.4. The molecule has 1 nitrogen and oxygen atoms in total. The first-order valence-electron chi connectivity index (χ1n) is 5.28. The largest absolute Gasteiger partial charge is 0.416 e. The molecule has 0 aliphatic carbocycles. The number of halogens is 5. The summed E-state index contributed by atoms with van der Waals surface area (Å²) in [6.07, 6.45) is -4.21. The van der Waals surface area contributed by atoms with Gasteiger partial charge in [0.15, 0.2) is 0 Å². The smallest absolute Gasteiger partial charge is 0.269 e. The molecule has 0 bridgehead atoms. The molecule has 0 heterocycles. The van der Waals surface area contributed by atoms with E-state index in [0.717, 1.165) is 12.1 Å². The Morgan fingerprint density at radius 2 is 1.20 bits per heavy atom. The molecule has 2 rings (SSSR count). The highest BCUT2D eigenvalue weighted by molar-refractivity contribution is 5.88. The van der Waals surface area contributed by atoms with Gasteiger partial charge in [0.1, 0.15) is 0 Å². The van der Waals surface area contributed by atoms with Crippen LogP contribution >= 0.6 is 0 Å². The topological polar surface area (TPSA) is 17.1 Å². The fourth-order valence-electron chi connectivity index (χ4n) is 1.20. The standard InChI is InChI=1S/C7H5F3.C7H5FO.FH/c8-7(9,10)6-4-2-1-3-5-6;8-7(9)6-4-2-1-3-5-6;/h1-5H;1-5H;1H.